The average Bonchev–Trinajstić information content (AvgIpc) is 3.05. The number of carbonyl (C=O) groups is 1. The summed E-state index contributed by atoms with van der Waals surface area (Å²) in [6.45, 7) is 2.91. The molecule has 1 heterocycles. The Morgan fingerprint density at radius 3 is 2.72 bits per heavy atom. The standard InChI is InChI=1S/C20H21ClN2O2/c1-2-25-13-20(24)23-12-16(14-7-3-5-9-18(14)21)17-11-22-19-10-6-4-8-15(17)19/h3-11,16,22H,2,12-13H2,1H3,(H,23,24). The third-order valence-electron chi connectivity index (χ3n) is 4.22. The van der Waals surface area contributed by atoms with Gasteiger partial charge in [0.25, 0.3) is 0 Å². The van der Waals surface area contributed by atoms with Gasteiger partial charge in [-0.15, -0.1) is 0 Å². The Labute approximate surface area is 152 Å². The number of aromatic nitrogens is 1. The summed E-state index contributed by atoms with van der Waals surface area (Å²) in [5, 5.41) is 4.78. The van der Waals surface area contributed by atoms with Crippen molar-refractivity contribution in [1.82, 2.24) is 10.3 Å². The van der Waals surface area contributed by atoms with Crippen molar-refractivity contribution in [3.8, 4) is 0 Å². The molecule has 1 unspecified atom stereocenters. The van der Waals surface area contributed by atoms with Crippen LogP contribution in [0.5, 0.6) is 0 Å². The Hall–Kier alpha value is -2.30. The third kappa shape index (κ3) is 4.03. The van der Waals surface area contributed by atoms with Gasteiger partial charge in [-0.3, -0.25) is 4.79 Å². The molecule has 0 aliphatic rings. The maximum Gasteiger partial charge on any atom is 0.246 e. The maximum absolute atomic E-state index is 12.0. The van der Waals surface area contributed by atoms with Crippen LogP contribution in [-0.4, -0.2) is 30.6 Å². The first-order chi connectivity index (χ1) is 12.2. The minimum absolute atomic E-state index is 0.0459. The number of rotatable bonds is 7. The minimum Gasteiger partial charge on any atom is -0.372 e. The molecule has 2 aromatic carbocycles. The van der Waals surface area contributed by atoms with E-state index in [2.05, 4.69) is 16.4 Å². The summed E-state index contributed by atoms with van der Waals surface area (Å²) in [6.07, 6.45) is 1.99. The molecule has 0 saturated heterocycles. The van der Waals surface area contributed by atoms with Crippen LogP contribution in [0.25, 0.3) is 10.9 Å². The van der Waals surface area contributed by atoms with Gasteiger partial charge in [0.05, 0.1) is 0 Å². The zero-order chi connectivity index (χ0) is 17.6. The number of aromatic amines is 1. The summed E-state index contributed by atoms with van der Waals surface area (Å²) in [5.41, 5.74) is 3.17. The molecule has 5 heteroatoms. The number of para-hydroxylation sites is 1. The van der Waals surface area contributed by atoms with Crippen LogP contribution in [0.3, 0.4) is 0 Å². The average molecular weight is 357 g/mol. The quantitative estimate of drug-likeness (QED) is 0.669. The number of hydrogen-bond donors (Lipinski definition) is 2. The highest BCUT2D eigenvalue weighted by Crippen LogP contribution is 2.33. The van der Waals surface area contributed by atoms with Crippen molar-refractivity contribution in [2.75, 3.05) is 19.8 Å². The lowest BCUT2D eigenvalue weighted by molar-refractivity contribution is -0.125. The van der Waals surface area contributed by atoms with Crippen LogP contribution in [0.2, 0.25) is 5.02 Å². The van der Waals surface area contributed by atoms with Gasteiger partial charge in [-0.05, 0) is 30.2 Å². The van der Waals surface area contributed by atoms with E-state index in [4.69, 9.17) is 16.3 Å². The van der Waals surface area contributed by atoms with Crippen LogP contribution in [0.4, 0.5) is 0 Å². The van der Waals surface area contributed by atoms with Crippen molar-refractivity contribution in [3.05, 3.63) is 70.9 Å². The molecule has 1 amide bonds. The Balaban J connectivity index is 1.92. The van der Waals surface area contributed by atoms with E-state index in [1.165, 1.54) is 0 Å². The first kappa shape index (κ1) is 17.5. The predicted molar refractivity (Wildman–Crippen MR) is 101 cm³/mol. The molecule has 0 saturated carbocycles. The number of halogens is 1. The molecule has 0 aliphatic heterocycles. The van der Waals surface area contributed by atoms with Crippen LogP contribution in [0, 0.1) is 0 Å². The van der Waals surface area contributed by atoms with Gasteiger partial charge >= 0.3 is 0 Å². The van der Waals surface area contributed by atoms with Crippen LogP contribution in [0.15, 0.2) is 54.7 Å². The van der Waals surface area contributed by atoms with E-state index in [1.54, 1.807) is 0 Å². The molecule has 0 aliphatic carbocycles. The van der Waals surface area contributed by atoms with Crippen molar-refractivity contribution < 1.29 is 9.53 Å². The topological polar surface area (TPSA) is 54.1 Å². The summed E-state index contributed by atoms with van der Waals surface area (Å²) in [5.74, 6) is -0.172. The van der Waals surface area contributed by atoms with Crippen LogP contribution in [0.1, 0.15) is 24.0 Å². The van der Waals surface area contributed by atoms with E-state index in [9.17, 15) is 4.79 Å². The van der Waals surface area contributed by atoms with Gasteiger partial charge in [-0.1, -0.05) is 48.0 Å². The Bertz CT molecular complexity index is 860. The zero-order valence-electron chi connectivity index (χ0n) is 14.1. The van der Waals surface area contributed by atoms with Gasteiger partial charge in [0, 0.05) is 41.2 Å². The molecule has 25 heavy (non-hydrogen) atoms. The van der Waals surface area contributed by atoms with E-state index >= 15 is 0 Å². The molecule has 3 aromatic rings. The fraction of sp³-hybridized carbons (Fsp3) is 0.250. The summed E-state index contributed by atoms with van der Waals surface area (Å²) < 4.78 is 5.17. The second kappa shape index (κ2) is 8.19. The molecular weight excluding hydrogens is 336 g/mol. The van der Waals surface area contributed by atoms with Gasteiger partial charge in [-0.25, -0.2) is 0 Å². The summed E-state index contributed by atoms with van der Waals surface area (Å²) in [4.78, 5) is 15.3. The molecular formula is C20H21ClN2O2. The predicted octanol–water partition coefficient (Wildman–Crippen LogP) is 4.11. The largest absolute Gasteiger partial charge is 0.372 e. The number of carbonyl (C=O) groups excluding carboxylic acids is 1. The first-order valence-electron chi connectivity index (χ1n) is 8.35. The van der Waals surface area contributed by atoms with E-state index in [-0.39, 0.29) is 18.4 Å². The highest BCUT2D eigenvalue weighted by Gasteiger charge is 2.21. The summed E-state index contributed by atoms with van der Waals surface area (Å²) >= 11 is 6.44. The van der Waals surface area contributed by atoms with Crippen molar-refractivity contribution >= 4 is 28.4 Å². The Morgan fingerprint density at radius 2 is 1.92 bits per heavy atom. The van der Waals surface area contributed by atoms with Crippen molar-refractivity contribution in [2.24, 2.45) is 0 Å². The molecule has 1 atom stereocenters. The molecule has 2 N–H and O–H groups in total. The zero-order valence-corrected chi connectivity index (χ0v) is 14.8. The van der Waals surface area contributed by atoms with E-state index in [0.717, 1.165) is 22.0 Å². The second-order valence-corrected chi connectivity index (χ2v) is 6.21. The highest BCUT2D eigenvalue weighted by molar-refractivity contribution is 6.31. The number of ether oxygens (including phenoxy) is 1. The van der Waals surface area contributed by atoms with E-state index in [1.807, 2.05) is 55.6 Å². The number of nitrogens with one attached hydrogen (secondary N) is 2. The monoisotopic (exact) mass is 356 g/mol. The maximum atomic E-state index is 12.0. The number of hydrogen-bond acceptors (Lipinski definition) is 2. The molecule has 0 radical (unpaired) electrons. The van der Waals surface area contributed by atoms with Crippen molar-refractivity contribution in [2.45, 2.75) is 12.8 Å². The number of fused-ring (bicyclic) bond motifs is 1. The van der Waals surface area contributed by atoms with Gasteiger partial charge in [0.1, 0.15) is 6.61 Å². The van der Waals surface area contributed by atoms with Crippen LogP contribution in [-0.2, 0) is 9.53 Å². The first-order valence-corrected chi connectivity index (χ1v) is 8.73. The number of H-pyrrole nitrogens is 1. The molecule has 130 valence electrons. The molecule has 3 rings (SSSR count). The highest BCUT2D eigenvalue weighted by atomic mass is 35.5. The Morgan fingerprint density at radius 1 is 1.16 bits per heavy atom. The fourth-order valence-electron chi connectivity index (χ4n) is 2.99. The van der Waals surface area contributed by atoms with E-state index < -0.39 is 0 Å². The lowest BCUT2D eigenvalue weighted by atomic mass is 9.91. The van der Waals surface area contributed by atoms with Gasteiger partial charge < -0.3 is 15.0 Å². The normalized spacial score (nSPS) is 12.2. The van der Waals surface area contributed by atoms with Crippen LogP contribution < -0.4 is 5.32 Å². The molecule has 0 spiro atoms. The third-order valence-corrected chi connectivity index (χ3v) is 4.56. The van der Waals surface area contributed by atoms with Gasteiger partial charge in [-0.2, -0.15) is 0 Å². The molecule has 4 nitrogen and oxygen atoms in total. The summed E-state index contributed by atoms with van der Waals surface area (Å²) in [7, 11) is 0. The smallest absolute Gasteiger partial charge is 0.246 e. The van der Waals surface area contributed by atoms with Crippen LogP contribution >= 0.6 is 11.6 Å². The van der Waals surface area contributed by atoms with Crippen molar-refractivity contribution in [1.29, 1.82) is 0 Å². The SMILES string of the molecule is CCOCC(=O)NCC(c1ccccc1Cl)c1c[nH]c2ccccc12. The number of benzene rings is 2. The van der Waals surface area contributed by atoms with Gasteiger partial charge in [0.2, 0.25) is 5.91 Å². The molecule has 0 bridgehead atoms. The fourth-order valence-corrected chi connectivity index (χ4v) is 3.26. The molecule has 1 aromatic heterocycles. The lowest BCUT2D eigenvalue weighted by Gasteiger charge is -2.19. The van der Waals surface area contributed by atoms with Gasteiger partial charge in [0.15, 0.2) is 0 Å². The van der Waals surface area contributed by atoms with Crippen molar-refractivity contribution in [3.63, 3.8) is 0 Å². The molecule has 0 fully saturated rings. The second-order valence-electron chi connectivity index (χ2n) is 5.80. The number of amides is 1. The summed E-state index contributed by atoms with van der Waals surface area (Å²) in [6, 6.07) is 15.9. The van der Waals surface area contributed by atoms with E-state index in [0.29, 0.717) is 18.2 Å². The Kier molecular flexibility index (Phi) is 5.74. The minimum atomic E-state index is -0.126. The lowest BCUT2D eigenvalue weighted by Crippen LogP contribution is -2.32.